The molecule has 0 bridgehead atoms. The van der Waals surface area contributed by atoms with Crippen LogP contribution in [0.25, 0.3) is 0 Å². The van der Waals surface area contributed by atoms with Crippen LogP contribution in [0.1, 0.15) is 64.7 Å². The average molecular weight is 361 g/mol. The van der Waals surface area contributed by atoms with Gasteiger partial charge in [0.15, 0.2) is 0 Å². The van der Waals surface area contributed by atoms with E-state index in [0.717, 1.165) is 12.8 Å². The Morgan fingerprint density at radius 3 is 2.08 bits per heavy atom. The number of halogens is 1. The van der Waals surface area contributed by atoms with Gasteiger partial charge in [0.25, 0.3) is 5.91 Å². The number of carbonyl (C=O) groups excluding carboxylic acids is 1. The zero-order valence-corrected chi connectivity index (χ0v) is 16.7. The molecule has 2 saturated heterocycles. The van der Waals surface area contributed by atoms with Crippen LogP contribution in [-0.2, 0) is 9.31 Å². The van der Waals surface area contributed by atoms with Crippen LogP contribution in [0.2, 0.25) is 0 Å². The van der Waals surface area contributed by atoms with Gasteiger partial charge in [-0.15, -0.1) is 0 Å². The predicted molar refractivity (Wildman–Crippen MR) is 101 cm³/mol. The second-order valence-electron chi connectivity index (χ2n) is 9.28. The fraction of sp³-hybridized carbons (Fsp3) is 0.650. The van der Waals surface area contributed by atoms with E-state index in [1.54, 1.807) is 17.0 Å². The van der Waals surface area contributed by atoms with Crippen molar-refractivity contribution < 1.29 is 18.5 Å². The summed E-state index contributed by atoms with van der Waals surface area (Å²) in [5.41, 5.74) is -0.00922. The van der Waals surface area contributed by atoms with Gasteiger partial charge in [0, 0.05) is 13.1 Å². The number of amides is 1. The molecule has 0 N–H and O–H groups in total. The summed E-state index contributed by atoms with van der Waals surface area (Å²) in [6.07, 6.45) is 1.87. The zero-order valence-electron chi connectivity index (χ0n) is 16.7. The summed E-state index contributed by atoms with van der Waals surface area (Å²) in [5, 5.41) is 0. The Kier molecular flexibility index (Phi) is 4.73. The molecule has 0 aliphatic carbocycles. The second-order valence-corrected chi connectivity index (χ2v) is 9.28. The van der Waals surface area contributed by atoms with Crippen LogP contribution in [-0.4, -0.2) is 42.2 Å². The first-order chi connectivity index (χ1) is 11.9. The molecular weight excluding hydrogens is 332 g/mol. The summed E-state index contributed by atoms with van der Waals surface area (Å²) in [6, 6.07) is 4.65. The molecule has 4 nitrogen and oxygen atoms in total. The lowest BCUT2D eigenvalue weighted by molar-refractivity contribution is 0.00578. The first-order valence-corrected chi connectivity index (χ1v) is 9.36. The van der Waals surface area contributed by atoms with Crippen molar-refractivity contribution in [3.63, 3.8) is 0 Å². The minimum absolute atomic E-state index is 0.116. The molecule has 2 aliphatic heterocycles. The minimum atomic E-state index is -0.630. The van der Waals surface area contributed by atoms with Crippen LogP contribution in [0.4, 0.5) is 4.39 Å². The molecule has 0 atom stereocenters. The number of piperidine rings is 1. The van der Waals surface area contributed by atoms with Crippen molar-refractivity contribution >= 4 is 18.5 Å². The highest BCUT2D eigenvalue weighted by molar-refractivity contribution is 6.62. The lowest BCUT2D eigenvalue weighted by atomic mass is 9.78. The van der Waals surface area contributed by atoms with Gasteiger partial charge in [0.1, 0.15) is 5.82 Å². The van der Waals surface area contributed by atoms with E-state index in [4.69, 9.17) is 9.31 Å². The molecular formula is C20H29BFNO3. The van der Waals surface area contributed by atoms with Gasteiger partial charge in [0.05, 0.1) is 16.8 Å². The maximum Gasteiger partial charge on any atom is 0.494 e. The summed E-state index contributed by atoms with van der Waals surface area (Å²) in [5.74, 6) is -0.759. The van der Waals surface area contributed by atoms with Crippen LogP contribution in [0.15, 0.2) is 18.2 Å². The molecule has 142 valence electrons. The zero-order chi connectivity index (χ0) is 19.3. The molecule has 2 aliphatic rings. The van der Waals surface area contributed by atoms with Crippen molar-refractivity contribution in [2.75, 3.05) is 13.1 Å². The normalized spacial score (nSPS) is 24.0. The SMILES string of the molecule is CC1(C)CCN(C(=O)c2ccc(B3OC(C)(C)C(C)(C)O3)cc2F)CC1. The monoisotopic (exact) mass is 361 g/mol. The van der Waals surface area contributed by atoms with Crippen molar-refractivity contribution in [1.82, 2.24) is 4.90 Å². The maximum absolute atomic E-state index is 14.7. The van der Waals surface area contributed by atoms with Crippen molar-refractivity contribution in [1.29, 1.82) is 0 Å². The summed E-state index contributed by atoms with van der Waals surface area (Å²) in [7, 11) is -0.630. The molecule has 2 fully saturated rings. The van der Waals surface area contributed by atoms with Crippen molar-refractivity contribution in [2.45, 2.75) is 65.6 Å². The van der Waals surface area contributed by atoms with Gasteiger partial charge in [-0.25, -0.2) is 4.39 Å². The number of benzene rings is 1. The van der Waals surface area contributed by atoms with E-state index in [2.05, 4.69) is 13.8 Å². The Morgan fingerprint density at radius 2 is 1.58 bits per heavy atom. The van der Waals surface area contributed by atoms with Crippen molar-refractivity contribution in [2.24, 2.45) is 5.41 Å². The molecule has 26 heavy (non-hydrogen) atoms. The lowest BCUT2D eigenvalue weighted by Gasteiger charge is -2.37. The van der Waals surface area contributed by atoms with Crippen molar-refractivity contribution in [3.05, 3.63) is 29.6 Å². The molecule has 0 radical (unpaired) electrons. The van der Waals surface area contributed by atoms with E-state index in [-0.39, 0.29) is 16.9 Å². The van der Waals surface area contributed by atoms with Crippen LogP contribution in [0.3, 0.4) is 0 Å². The van der Waals surface area contributed by atoms with Crippen LogP contribution < -0.4 is 5.46 Å². The Hall–Kier alpha value is -1.40. The summed E-state index contributed by atoms with van der Waals surface area (Å²) in [4.78, 5) is 14.4. The number of likely N-dealkylation sites (tertiary alicyclic amines) is 1. The largest absolute Gasteiger partial charge is 0.494 e. The van der Waals surface area contributed by atoms with Gasteiger partial charge in [0.2, 0.25) is 0 Å². The van der Waals surface area contributed by atoms with Gasteiger partial charge < -0.3 is 14.2 Å². The average Bonchev–Trinajstić information content (AvgIpc) is 2.75. The number of hydrogen-bond donors (Lipinski definition) is 0. The van der Waals surface area contributed by atoms with E-state index in [0.29, 0.717) is 18.6 Å². The number of carbonyl (C=O) groups is 1. The third kappa shape index (κ3) is 3.54. The number of rotatable bonds is 2. The first-order valence-electron chi connectivity index (χ1n) is 9.36. The highest BCUT2D eigenvalue weighted by Gasteiger charge is 2.51. The molecule has 0 aromatic heterocycles. The molecule has 6 heteroatoms. The minimum Gasteiger partial charge on any atom is -0.399 e. The van der Waals surface area contributed by atoms with Gasteiger partial charge in [-0.1, -0.05) is 19.9 Å². The highest BCUT2D eigenvalue weighted by atomic mass is 19.1. The quantitative estimate of drug-likeness (QED) is 0.758. The number of nitrogens with zero attached hydrogens (tertiary/aromatic N) is 1. The van der Waals surface area contributed by atoms with E-state index < -0.39 is 24.1 Å². The Bertz CT molecular complexity index is 691. The van der Waals surface area contributed by atoms with Gasteiger partial charge >= 0.3 is 7.12 Å². The van der Waals surface area contributed by atoms with Crippen LogP contribution in [0, 0.1) is 11.2 Å². The third-order valence-corrected chi connectivity index (χ3v) is 6.15. The Labute approximate surface area is 156 Å². The van der Waals surface area contributed by atoms with Crippen molar-refractivity contribution in [3.8, 4) is 0 Å². The molecule has 0 saturated carbocycles. The molecule has 2 heterocycles. The lowest BCUT2D eigenvalue weighted by Crippen LogP contribution is -2.41. The van der Waals surface area contributed by atoms with Gasteiger partial charge in [-0.2, -0.15) is 0 Å². The van der Waals surface area contributed by atoms with E-state index in [9.17, 15) is 9.18 Å². The molecule has 0 unspecified atom stereocenters. The number of hydrogen-bond acceptors (Lipinski definition) is 3. The summed E-state index contributed by atoms with van der Waals surface area (Å²) in [6.45, 7) is 13.6. The molecule has 1 amide bonds. The van der Waals surface area contributed by atoms with Crippen LogP contribution >= 0.6 is 0 Å². The molecule has 1 aromatic rings. The van der Waals surface area contributed by atoms with E-state index in [1.807, 2.05) is 27.7 Å². The molecule has 0 spiro atoms. The summed E-state index contributed by atoms with van der Waals surface area (Å²) >= 11 is 0. The van der Waals surface area contributed by atoms with Gasteiger partial charge in [-0.05, 0) is 63.5 Å². The first kappa shape index (κ1) is 19.4. The van der Waals surface area contributed by atoms with E-state index in [1.165, 1.54) is 6.07 Å². The smallest absolute Gasteiger partial charge is 0.399 e. The Balaban J connectivity index is 1.75. The standard InChI is InChI=1S/C20H29BFNO3/c1-18(2)9-11-23(12-10-18)17(24)15-8-7-14(13-16(15)22)21-25-19(3,4)20(5,6)26-21/h7-8,13H,9-12H2,1-6H3. The second kappa shape index (κ2) is 6.34. The molecule has 1 aromatic carbocycles. The maximum atomic E-state index is 14.7. The fourth-order valence-corrected chi connectivity index (χ4v) is 3.32. The van der Waals surface area contributed by atoms with Gasteiger partial charge in [-0.3, -0.25) is 4.79 Å². The third-order valence-electron chi connectivity index (χ3n) is 6.15. The van der Waals surface area contributed by atoms with Crippen LogP contribution in [0.5, 0.6) is 0 Å². The Morgan fingerprint density at radius 1 is 1.04 bits per heavy atom. The predicted octanol–water partition coefficient (Wildman–Crippen LogP) is 3.39. The highest BCUT2D eigenvalue weighted by Crippen LogP contribution is 2.36. The van der Waals surface area contributed by atoms with E-state index >= 15 is 0 Å². The summed E-state index contributed by atoms with van der Waals surface area (Å²) < 4.78 is 26.6. The molecule has 3 rings (SSSR count). The topological polar surface area (TPSA) is 38.8 Å². The fourth-order valence-electron chi connectivity index (χ4n) is 3.32.